The fourth-order valence-corrected chi connectivity index (χ4v) is 1.86. The second-order valence-corrected chi connectivity index (χ2v) is 4.25. The minimum atomic E-state index is -0.170. The molecule has 0 bridgehead atoms. The fraction of sp³-hybridized carbons (Fsp3) is 0.500. The molecule has 1 aromatic rings. The maximum absolute atomic E-state index is 13.7. The summed E-state index contributed by atoms with van der Waals surface area (Å²) in [5.74, 6) is -0.170. The normalized spacial score (nSPS) is 10.5. The summed E-state index contributed by atoms with van der Waals surface area (Å²) in [6, 6.07) is 5.32. The Labute approximate surface area is 105 Å². The molecule has 0 radical (unpaired) electrons. The topological polar surface area (TPSA) is 12.5 Å². The van der Waals surface area contributed by atoms with E-state index in [9.17, 15) is 4.39 Å². The van der Waals surface area contributed by atoms with Gasteiger partial charge in [-0.2, -0.15) is 0 Å². The van der Waals surface area contributed by atoms with Gasteiger partial charge in [-0.1, -0.05) is 22.0 Å². The summed E-state index contributed by atoms with van der Waals surface area (Å²) in [7, 11) is 3.56. The Balaban J connectivity index is 2.64. The van der Waals surface area contributed by atoms with Crippen LogP contribution < -0.4 is 4.90 Å². The Bertz CT molecular complexity index is 333. The first kappa shape index (κ1) is 13.5. The third-order valence-corrected chi connectivity index (χ3v) is 3.07. The second kappa shape index (κ2) is 6.86. The van der Waals surface area contributed by atoms with Gasteiger partial charge in [0.15, 0.2) is 0 Å². The quantitative estimate of drug-likeness (QED) is 0.589. The Kier molecular flexibility index (Phi) is 5.77. The first-order valence-corrected chi connectivity index (χ1v) is 6.35. The summed E-state index contributed by atoms with van der Waals surface area (Å²) in [5.41, 5.74) is 1.59. The van der Waals surface area contributed by atoms with E-state index in [1.807, 2.05) is 24.1 Å². The molecule has 16 heavy (non-hydrogen) atoms. The van der Waals surface area contributed by atoms with Gasteiger partial charge in [0.2, 0.25) is 0 Å². The average Bonchev–Trinajstić information content (AvgIpc) is 2.29. The number of methoxy groups -OCH3 is 1. The van der Waals surface area contributed by atoms with Gasteiger partial charge in [0.1, 0.15) is 5.82 Å². The largest absolute Gasteiger partial charge is 0.385 e. The van der Waals surface area contributed by atoms with E-state index in [1.54, 1.807) is 13.2 Å². The van der Waals surface area contributed by atoms with Gasteiger partial charge in [0, 0.05) is 32.6 Å². The van der Waals surface area contributed by atoms with Crippen LogP contribution in [-0.4, -0.2) is 27.3 Å². The van der Waals surface area contributed by atoms with Crippen molar-refractivity contribution in [2.24, 2.45) is 0 Å². The predicted molar refractivity (Wildman–Crippen MR) is 68.8 cm³/mol. The van der Waals surface area contributed by atoms with Gasteiger partial charge in [0.05, 0.1) is 5.69 Å². The van der Waals surface area contributed by atoms with Crippen molar-refractivity contribution in [2.45, 2.75) is 11.8 Å². The lowest BCUT2D eigenvalue weighted by Crippen LogP contribution is -2.20. The smallest absolute Gasteiger partial charge is 0.146 e. The molecule has 0 aromatic heterocycles. The molecule has 0 fully saturated rings. The molecule has 0 heterocycles. The molecule has 0 unspecified atom stereocenters. The highest BCUT2D eigenvalue weighted by Gasteiger charge is 2.07. The van der Waals surface area contributed by atoms with Crippen LogP contribution in [0.4, 0.5) is 10.1 Å². The first-order chi connectivity index (χ1) is 7.69. The van der Waals surface area contributed by atoms with Crippen molar-refractivity contribution < 1.29 is 9.13 Å². The molecule has 1 aromatic carbocycles. The van der Waals surface area contributed by atoms with E-state index in [1.165, 1.54) is 0 Å². The second-order valence-electron chi connectivity index (χ2n) is 3.69. The minimum Gasteiger partial charge on any atom is -0.385 e. The summed E-state index contributed by atoms with van der Waals surface area (Å²) in [6.45, 7) is 1.49. The van der Waals surface area contributed by atoms with E-state index in [0.717, 1.165) is 18.5 Å². The molecule has 0 N–H and O–H groups in total. The molecule has 4 heteroatoms. The molecule has 0 spiro atoms. The van der Waals surface area contributed by atoms with Gasteiger partial charge in [-0.05, 0) is 24.1 Å². The van der Waals surface area contributed by atoms with Crippen LogP contribution in [0.3, 0.4) is 0 Å². The maximum atomic E-state index is 13.7. The Morgan fingerprint density at radius 2 is 2.19 bits per heavy atom. The summed E-state index contributed by atoms with van der Waals surface area (Å²) in [4.78, 5) is 1.91. The third kappa shape index (κ3) is 3.76. The molecular formula is C12H17BrFNO. The molecule has 0 amide bonds. The van der Waals surface area contributed by atoms with E-state index in [-0.39, 0.29) is 5.82 Å². The van der Waals surface area contributed by atoms with Crippen LogP contribution in [0.25, 0.3) is 0 Å². The van der Waals surface area contributed by atoms with Crippen LogP contribution >= 0.6 is 15.9 Å². The molecular weight excluding hydrogens is 273 g/mol. The van der Waals surface area contributed by atoms with E-state index in [2.05, 4.69) is 15.9 Å². The number of hydrogen-bond donors (Lipinski definition) is 0. The molecule has 1 rings (SSSR count). The van der Waals surface area contributed by atoms with Crippen LogP contribution in [0, 0.1) is 5.82 Å². The average molecular weight is 290 g/mol. The van der Waals surface area contributed by atoms with Crippen molar-refractivity contribution in [1.82, 2.24) is 0 Å². The lowest BCUT2D eigenvalue weighted by Gasteiger charge is -2.20. The van der Waals surface area contributed by atoms with Crippen molar-refractivity contribution in [1.29, 1.82) is 0 Å². The SMILES string of the molecule is COCCCN(C)c1ccc(CBr)cc1F. The molecule has 0 aliphatic rings. The molecule has 0 aliphatic carbocycles. The Morgan fingerprint density at radius 1 is 1.44 bits per heavy atom. The van der Waals surface area contributed by atoms with Crippen LogP contribution in [0.15, 0.2) is 18.2 Å². The van der Waals surface area contributed by atoms with Crippen LogP contribution in [0.5, 0.6) is 0 Å². The fourth-order valence-electron chi connectivity index (χ4n) is 1.51. The Hall–Kier alpha value is -0.610. The van der Waals surface area contributed by atoms with Crippen LogP contribution in [0.2, 0.25) is 0 Å². The van der Waals surface area contributed by atoms with Gasteiger partial charge >= 0.3 is 0 Å². The molecule has 2 nitrogen and oxygen atoms in total. The maximum Gasteiger partial charge on any atom is 0.146 e. The van der Waals surface area contributed by atoms with Gasteiger partial charge < -0.3 is 9.64 Å². The molecule has 0 saturated heterocycles. The van der Waals surface area contributed by atoms with Crippen molar-refractivity contribution in [2.75, 3.05) is 32.2 Å². The lowest BCUT2D eigenvalue weighted by atomic mass is 10.2. The molecule has 90 valence electrons. The zero-order valence-corrected chi connectivity index (χ0v) is 11.3. The monoisotopic (exact) mass is 289 g/mol. The Morgan fingerprint density at radius 3 is 2.75 bits per heavy atom. The predicted octanol–water partition coefficient (Wildman–Crippen LogP) is 3.19. The van der Waals surface area contributed by atoms with Gasteiger partial charge in [-0.3, -0.25) is 0 Å². The number of hydrogen-bond acceptors (Lipinski definition) is 2. The molecule has 0 aliphatic heterocycles. The van der Waals surface area contributed by atoms with Crippen molar-refractivity contribution in [3.05, 3.63) is 29.6 Å². The summed E-state index contributed by atoms with van der Waals surface area (Å²) < 4.78 is 18.7. The number of ether oxygens (including phenoxy) is 1. The van der Waals surface area contributed by atoms with Gasteiger partial charge in [-0.25, -0.2) is 4.39 Å². The number of benzene rings is 1. The van der Waals surface area contributed by atoms with E-state index >= 15 is 0 Å². The number of alkyl halides is 1. The van der Waals surface area contributed by atoms with Crippen molar-refractivity contribution in [3.8, 4) is 0 Å². The van der Waals surface area contributed by atoms with E-state index in [0.29, 0.717) is 17.6 Å². The number of nitrogens with zero attached hydrogens (tertiary/aromatic N) is 1. The van der Waals surface area contributed by atoms with Gasteiger partial charge in [-0.15, -0.1) is 0 Å². The lowest BCUT2D eigenvalue weighted by molar-refractivity contribution is 0.196. The van der Waals surface area contributed by atoms with Crippen LogP contribution in [-0.2, 0) is 10.1 Å². The van der Waals surface area contributed by atoms with Crippen molar-refractivity contribution in [3.63, 3.8) is 0 Å². The summed E-state index contributed by atoms with van der Waals surface area (Å²) in [6.07, 6.45) is 0.895. The summed E-state index contributed by atoms with van der Waals surface area (Å²) >= 11 is 3.31. The van der Waals surface area contributed by atoms with Gasteiger partial charge in [0.25, 0.3) is 0 Å². The number of rotatable bonds is 6. The number of anilines is 1. The van der Waals surface area contributed by atoms with E-state index in [4.69, 9.17) is 4.74 Å². The minimum absolute atomic E-state index is 0.170. The standard InChI is InChI=1S/C12H17BrFNO/c1-15(6-3-7-16-2)12-5-4-10(9-13)8-11(12)14/h4-5,8H,3,6-7,9H2,1-2H3. The highest BCUT2D eigenvalue weighted by atomic mass is 79.9. The van der Waals surface area contributed by atoms with E-state index < -0.39 is 0 Å². The zero-order valence-electron chi connectivity index (χ0n) is 9.67. The molecule has 0 saturated carbocycles. The number of halogens is 2. The summed E-state index contributed by atoms with van der Waals surface area (Å²) in [5, 5.41) is 0.678. The molecule has 0 atom stereocenters. The van der Waals surface area contributed by atoms with Crippen molar-refractivity contribution >= 4 is 21.6 Å². The first-order valence-electron chi connectivity index (χ1n) is 5.23. The zero-order chi connectivity index (χ0) is 12.0. The highest BCUT2D eigenvalue weighted by molar-refractivity contribution is 9.08. The highest BCUT2D eigenvalue weighted by Crippen LogP contribution is 2.20. The van der Waals surface area contributed by atoms with Crippen LogP contribution in [0.1, 0.15) is 12.0 Å². The third-order valence-electron chi connectivity index (χ3n) is 2.42.